The van der Waals surface area contributed by atoms with E-state index in [0.29, 0.717) is 16.7 Å². The fraction of sp³-hybridized carbons (Fsp3) is 0.938. The summed E-state index contributed by atoms with van der Waals surface area (Å²) in [6, 6.07) is 0.500. The quantitative estimate of drug-likeness (QED) is 0.807. The Hall–Kier alpha value is -0.220. The molecule has 0 aromatic carbocycles. The Bertz CT molecular complexity index is 349. The van der Waals surface area contributed by atoms with E-state index in [4.69, 9.17) is 0 Å². The van der Waals surface area contributed by atoms with Crippen molar-refractivity contribution in [3.05, 3.63) is 0 Å². The minimum atomic E-state index is 0.273. The zero-order valence-electron chi connectivity index (χ0n) is 12.7. The molecule has 0 bridgehead atoms. The van der Waals surface area contributed by atoms with Crippen molar-refractivity contribution in [1.82, 2.24) is 10.2 Å². The Morgan fingerprint density at radius 1 is 1.30 bits per heavy atom. The predicted octanol–water partition coefficient (Wildman–Crippen LogP) is 2.65. The lowest BCUT2D eigenvalue weighted by Crippen LogP contribution is -2.53. The predicted molar refractivity (Wildman–Crippen MR) is 85.0 cm³/mol. The van der Waals surface area contributed by atoms with E-state index in [1.807, 2.05) is 0 Å². The Morgan fingerprint density at radius 2 is 2.10 bits per heavy atom. The lowest BCUT2D eigenvalue weighted by Gasteiger charge is -2.46. The molecule has 4 heteroatoms. The van der Waals surface area contributed by atoms with Gasteiger partial charge in [0.25, 0.3) is 0 Å². The third-order valence-corrected chi connectivity index (χ3v) is 6.83. The summed E-state index contributed by atoms with van der Waals surface area (Å²) in [6.07, 6.45) is 8.81. The van der Waals surface area contributed by atoms with Crippen LogP contribution in [0.2, 0.25) is 0 Å². The van der Waals surface area contributed by atoms with Gasteiger partial charge in [-0.15, -0.1) is 0 Å². The average Bonchev–Trinajstić information content (AvgIpc) is 2.47. The van der Waals surface area contributed by atoms with Crippen LogP contribution in [0, 0.1) is 5.92 Å². The largest absolute Gasteiger partial charge is 0.340 e. The molecular formula is C16H28N2OS. The lowest BCUT2D eigenvalue weighted by molar-refractivity contribution is -0.137. The Balaban J connectivity index is 1.62. The number of piperidine rings is 1. The number of carbonyl (C=O) groups excluding carboxylic acids is 1. The number of thioether (sulfide) groups is 1. The van der Waals surface area contributed by atoms with Crippen LogP contribution >= 0.6 is 11.8 Å². The van der Waals surface area contributed by atoms with Gasteiger partial charge in [0.15, 0.2) is 0 Å². The van der Waals surface area contributed by atoms with Crippen molar-refractivity contribution in [2.24, 2.45) is 5.92 Å². The Morgan fingerprint density at radius 3 is 2.85 bits per heavy atom. The molecule has 1 aliphatic carbocycles. The highest BCUT2D eigenvalue weighted by molar-refractivity contribution is 8.00. The molecule has 1 amide bonds. The summed E-state index contributed by atoms with van der Waals surface area (Å²) in [7, 11) is 0. The monoisotopic (exact) mass is 296 g/mol. The number of hydrogen-bond donors (Lipinski definition) is 1. The second kappa shape index (κ2) is 6.27. The number of nitrogens with zero attached hydrogens (tertiary/aromatic N) is 1. The Labute approximate surface area is 127 Å². The molecule has 0 aromatic rings. The number of carbonyl (C=O) groups is 1. The van der Waals surface area contributed by atoms with Crippen molar-refractivity contribution in [2.45, 2.75) is 62.7 Å². The molecule has 2 aliphatic heterocycles. The summed E-state index contributed by atoms with van der Waals surface area (Å²) in [5, 5.41) is 3.45. The van der Waals surface area contributed by atoms with E-state index in [9.17, 15) is 4.79 Å². The van der Waals surface area contributed by atoms with Gasteiger partial charge in [0.2, 0.25) is 5.91 Å². The minimum absolute atomic E-state index is 0.273. The second-order valence-corrected chi connectivity index (χ2v) is 8.49. The first-order chi connectivity index (χ1) is 9.69. The molecule has 0 aromatic heterocycles. The van der Waals surface area contributed by atoms with Gasteiger partial charge >= 0.3 is 0 Å². The van der Waals surface area contributed by atoms with Gasteiger partial charge in [-0.1, -0.05) is 19.3 Å². The normalized spacial score (nSPS) is 34.1. The van der Waals surface area contributed by atoms with Crippen molar-refractivity contribution in [1.29, 1.82) is 0 Å². The van der Waals surface area contributed by atoms with Crippen LogP contribution in [0.3, 0.4) is 0 Å². The molecule has 2 heterocycles. The van der Waals surface area contributed by atoms with Gasteiger partial charge in [0.1, 0.15) is 0 Å². The first-order valence-electron chi connectivity index (χ1n) is 8.35. The molecule has 3 nitrogen and oxygen atoms in total. The molecule has 20 heavy (non-hydrogen) atoms. The second-order valence-electron chi connectivity index (χ2n) is 6.93. The van der Waals surface area contributed by atoms with E-state index >= 15 is 0 Å². The van der Waals surface area contributed by atoms with E-state index < -0.39 is 0 Å². The molecule has 1 spiro atoms. The van der Waals surface area contributed by atoms with Crippen molar-refractivity contribution in [2.75, 3.05) is 25.4 Å². The van der Waals surface area contributed by atoms with Crippen LogP contribution in [0.25, 0.3) is 0 Å². The summed E-state index contributed by atoms with van der Waals surface area (Å²) in [6.45, 7) is 5.21. The highest BCUT2D eigenvalue weighted by Crippen LogP contribution is 2.43. The van der Waals surface area contributed by atoms with Gasteiger partial charge in [0.05, 0.1) is 0 Å². The fourth-order valence-corrected chi connectivity index (χ4v) is 5.72. The lowest BCUT2D eigenvalue weighted by atomic mass is 9.86. The van der Waals surface area contributed by atoms with Crippen LogP contribution in [0.5, 0.6) is 0 Å². The molecule has 114 valence electrons. The van der Waals surface area contributed by atoms with Gasteiger partial charge in [-0.3, -0.25) is 4.79 Å². The molecule has 2 atom stereocenters. The molecule has 1 saturated carbocycles. The van der Waals surface area contributed by atoms with E-state index in [-0.39, 0.29) is 5.92 Å². The SMILES string of the molecule is C[C@H]1C[C@@H](C(=O)N2CCSC3(CCCCC3)C2)CCN1. The molecule has 0 radical (unpaired) electrons. The number of nitrogens with one attached hydrogen (secondary N) is 1. The number of amides is 1. The van der Waals surface area contributed by atoms with E-state index in [1.165, 1.54) is 32.1 Å². The van der Waals surface area contributed by atoms with E-state index in [2.05, 4.69) is 28.9 Å². The third kappa shape index (κ3) is 3.16. The highest BCUT2D eigenvalue weighted by Gasteiger charge is 2.40. The molecule has 3 rings (SSSR count). The maximum Gasteiger partial charge on any atom is 0.225 e. The topological polar surface area (TPSA) is 32.3 Å². The smallest absolute Gasteiger partial charge is 0.225 e. The summed E-state index contributed by atoms with van der Waals surface area (Å²) < 4.78 is 0.407. The van der Waals surface area contributed by atoms with Crippen LogP contribution in [0.15, 0.2) is 0 Å². The van der Waals surface area contributed by atoms with E-state index in [1.54, 1.807) is 0 Å². The molecule has 3 aliphatic rings. The molecule has 0 unspecified atom stereocenters. The van der Waals surface area contributed by atoms with Crippen LogP contribution in [-0.2, 0) is 4.79 Å². The fourth-order valence-electron chi connectivity index (χ4n) is 4.15. The standard InChI is InChI=1S/C16H28N2OS/c1-13-11-14(5-8-17-13)15(19)18-9-10-20-16(12-18)6-3-2-4-7-16/h13-14,17H,2-12H2,1H3/t13-,14-/m0/s1. The van der Waals surface area contributed by atoms with Crippen LogP contribution < -0.4 is 5.32 Å². The summed E-state index contributed by atoms with van der Waals surface area (Å²) in [5.41, 5.74) is 0. The summed E-state index contributed by atoms with van der Waals surface area (Å²) in [5.74, 6) is 1.87. The maximum absolute atomic E-state index is 12.8. The Kier molecular flexibility index (Phi) is 4.61. The van der Waals surface area contributed by atoms with E-state index in [0.717, 1.165) is 38.2 Å². The first kappa shape index (κ1) is 14.7. The highest BCUT2D eigenvalue weighted by atomic mass is 32.2. The minimum Gasteiger partial charge on any atom is -0.340 e. The van der Waals surface area contributed by atoms with Crippen molar-refractivity contribution < 1.29 is 4.79 Å². The van der Waals surface area contributed by atoms with Gasteiger partial charge in [-0.25, -0.2) is 0 Å². The average molecular weight is 296 g/mol. The van der Waals surface area contributed by atoms with Crippen LogP contribution in [0.4, 0.5) is 0 Å². The summed E-state index contributed by atoms with van der Waals surface area (Å²) in [4.78, 5) is 15.0. The van der Waals surface area contributed by atoms with Gasteiger partial charge in [0, 0.05) is 35.5 Å². The number of rotatable bonds is 1. The van der Waals surface area contributed by atoms with Crippen molar-refractivity contribution in [3.63, 3.8) is 0 Å². The van der Waals surface area contributed by atoms with Gasteiger partial charge in [-0.2, -0.15) is 11.8 Å². The third-order valence-electron chi connectivity index (χ3n) is 5.30. The van der Waals surface area contributed by atoms with Gasteiger partial charge < -0.3 is 10.2 Å². The van der Waals surface area contributed by atoms with Gasteiger partial charge in [-0.05, 0) is 39.2 Å². The zero-order chi connectivity index (χ0) is 14.0. The molecular weight excluding hydrogens is 268 g/mol. The van der Waals surface area contributed by atoms with Crippen molar-refractivity contribution in [3.8, 4) is 0 Å². The summed E-state index contributed by atoms with van der Waals surface area (Å²) >= 11 is 2.15. The first-order valence-corrected chi connectivity index (χ1v) is 9.33. The maximum atomic E-state index is 12.8. The zero-order valence-corrected chi connectivity index (χ0v) is 13.5. The molecule has 1 N–H and O–H groups in total. The molecule has 3 fully saturated rings. The molecule has 2 saturated heterocycles. The van der Waals surface area contributed by atoms with Crippen LogP contribution in [0.1, 0.15) is 51.9 Å². The van der Waals surface area contributed by atoms with Crippen LogP contribution in [-0.4, -0.2) is 47.0 Å². The number of hydrogen-bond acceptors (Lipinski definition) is 3. The van der Waals surface area contributed by atoms with Crippen molar-refractivity contribution >= 4 is 17.7 Å².